The number of benzene rings is 1. The summed E-state index contributed by atoms with van der Waals surface area (Å²) in [6.07, 6.45) is 0. The van der Waals surface area contributed by atoms with Gasteiger partial charge in [0.05, 0.1) is 13.2 Å². The number of aliphatic hydroxyl groups is 2. The summed E-state index contributed by atoms with van der Waals surface area (Å²) in [5.41, 5.74) is 0.486. The van der Waals surface area contributed by atoms with E-state index in [9.17, 15) is 0 Å². The fraction of sp³-hybridized carbons (Fsp3) is 0.455. The average Bonchev–Trinajstić information content (AvgIpc) is 2.26. The predicted molar refractivity (Wildman–Crippen MR) is 64.9 cm³/mol. The third-order valence-corrected chi connectivity index (χ3v) is 2.80. The summed E-state index contributed by atoms with van der Waals surface area (Å²) in [7, 11) is 0. The first kappa shape index (κ1) is 12.5. The zero-order valence-corrected chi connectivity index (χ0v) is 10.3. The smallest absolute Gasteiger partial charge is 0.0523 e. The normalized spacial score (nSPS) is 11.5. The Labute approximate surface area is 98.3 Å². The molecule has 1 aromatic carbocycles. The maximum atomic E-state index is 9.11. The minimum absolute atomic E-state index is 0.0372. The van der Waals surface area contributed by atoms with Crippen molar-refractivity contribution in [3.8, 4) is 0 Å². The van der Waals surface area contributed by atoms with Gasteiger partial charge in [-0.05, 0) is 18.2 Å². The molecule has 0 aliphatic rings. The maximum absolute atomic E-state index is 9.11. The molecular formula is C11H16BrNO2. The Bertz CT molecular complexity index is 313. The van der Waals surface area contributed by atoms with Gasteiger partial charge in [-0.1, -0.05) is 28.9 Å². The van der Waals surface area contributed by atoms with Gasteiger partial charge < -0.3 is 15.5 Å². The number of halogens is 1. The number of hydrogen-bond acceptors (Lipinski definition) is 3. The lowest BCUT2D eigenvalue weighted by molar-refractivity contribution is 0.0806. The van der Waals surface area contributed by atoms with Gasteiger partial charge in [-0.15, -0.1) is 0 Å². The van der Waals surface area contributed by atoms with Crippen LogP contribution in [0, 0.1) is 5.41 Å². The first-order chi connectivity index (χ1) is 7.09. The lowest BCUT2D eigenvalue weighted by atomic mass is 9.93. The van der Waals surface area contributed by atoms with Crippen LogP contribution in [0.1, 0.15) is 6.92 Å². The number of aliphatic hydroxyl groups excluding tert-OH is 2. The maximum Gasteiger partial charge on any atom is 0.0523 e. The third kappa shape index (κ3) is 3.81. The summed E-state index contributed by atoms with van der Waals surface area (Å²) in [6.45, 7) is 2.30. The Morgan fingerprint density at radius 2 is 2.00 bits per heavy atom. The van der Waals surface area contributed by atoms with Crippen molar-refractivity contribution in [3.05, 3.63) is 28.7 Å². The number of rotatable bonds is 5. The van der Waals surface area contributed by atoms with Gasteiger partial charge in [0, 0.05) is 22.1 Å². The summed E-state index contributed by atoms with van der Waals surface area (Å²) in [5, 5.41) is 21.4. The minimum Gasteiger partial charge on any atom is -0.396 e. The van der Waals surface area contributed by atoms with Crippen LogP contribution in [-0.4, -0.2) is 30.0 Å². The standard InChI is InChI=1S/C11H16BrNO2/c1-11(7-14,8-15)6-13-10-4-2-3-9(12)5-10/h2-5,13-15H,6-8H2,1H3. The van der Waals surface area contributed by atoms with Gasteiger partial charge in [0.2, 0.25) is 0 Å². The van der Waals surface area contributed by atoms with Crippen molar-refractivity contribution in [3.63, 3.8) is 0 Å². The SMILES string of the molecule is CC(CO)(CO)CNc1cccc(Br)c1. The zero-order valence-electron chi connectivity index (χ0n) is 8.70. The molecule has 3 nitrogen and oxygen atoms in total. The molecule has 0 atom stereocenters. The Hall–Kier alpha value is -0.580. The molecule has 0 saturated heterocycles. The molecule has 0 fully saturated rings. The molecule has 0 aliphatic heterocycles. The quantitative estimate of drug-likeness (QED) is 0.768. The van der Waals surface area contributed by atoms with Gasteiger partial charge >= 0.3 is 0 Å². The van der Waals surface area contributed by atoms with E-state index in [1.165, 1.54) is 0 Å². The largest absolute Gasteiger partial charge is 0.396 e. The molecule has 84 valence electrons. The van der Waals surface area contributed by atoms with E-state index < -0.39 is 5.41 Å². The van der Waals surface area contributed by atoms with E-state index in [0.29, 0.717) is 6.54 Å². The van der Waals surface area contributed by atoms with Crippen molar-refractivity contribution in [2.24, 2.45) is 5.41 Å². The lowest BCUT2D eigenvalue weighted by Crippen LogP contribution is -2.33. The number of nitrogens with one attached hydrogen (secondary N) is 1. The minimum atomic E-state index is -0.484. The second-order valence-electron chi connectivity index (χ2n) is 3.99. The van der Waals surface area contributed by atoms with Crippen molar-refractivity contribution in [2.75, 3.05) is 25.1 Å². The van der Waals surface area contributed by atoms with Gasteiger partial charge in [-0.2, -0.15) is 0 Å². The van der Waals surface area contributed by atoms with Crippen LogP contribution in [0.2, 0.25) is 0 Å². The summed E-state index contributed by atoms with van der Waals surface area (Å²) in [6, 6.07) is 7.78. The molecule has 0 amide bonds. The Morgan fingerprint density at radius 3 is 2.53 bits per heavy atom. The van der Waals surface area contributed by atoms with Crippen LogP contribution >= 0.6 is 15.9 Å². The van der Waals surface area contributed by atoms with Gasteiger partial charge in [0.25, 0.3) is 0 Å². The van der Waals surface area contributed by atoms with Gasteiger partial charge in [0.1, 0.15) is 0 Å². The van der Waals surface area contributed by atoms with Crippen LogP contribution in [0.4, 0.5) is 5.69 Å². The zero-order chi connectivity index (χ0) is 11.3. The highest BCUT2D eigenvalue weighted by molar-refractivity contribution is 9.10. The van der Waals surface area contributed by atoms with E-state index in [4.69, 9.17) is 10.2 Å². The Morgan fingerprint density at radius 1 is 1.33 bits per heavy atom. The lowest BCUT2D eigenvalue weighted by Gasteiger charge is -2.25. The van der Waals surface area contributed by atoms with E-state index >= 15 is 0 Å². The Balaban J connectivity index is 2.56. The molecule has 1 rings (SSSR count). The van der Waals surface area contributed by atoms with Gasteiger partial charge in [0.15, 0.2) is 0 Å². The highest BCUT2D eigenvalue weighted by Crippen LogP contribution is 2.19. The molecule has 0 heterocycles. The molecule has 0 aromatic heterocycles. The van der Waals surface area contributed by atoms with Crippen molar-refractivity contribution in [1.82, 2.24) is 0 Å². The number of hydrogen-bond donors (Lipinski definition) is 3. The monoisotopic (exact) mass is 273 g/mol. The van der Waals surface area contributed by atoms with Crippen LogP contribution in [0.15, 0.2) is 28.7 Å². The fourth-order valence-corrected chi connectivity index (χ4v) is 1.47. The topological polar surface area (TPSA) is 52.5 Å². The first-order valence-electron chi connectivity index (χ1n) is 4.81. The van der Waals surface area contributed by atoms with Crippen molar-refractivity contribution in [2.45, 2.75) is 6.92 Å². The molecule has 3 N–H and O–H groups in total. The van der Waals surface area contributed by atoms with Crippen molar-refractivity contribution >= 4 is 21.6 Å². The molecule has 0 spiro atoms. The summed E-state index contributed by atoms with van der Waals surface area (Å²) < 4.78 is 1.00. The highest BCUT2D eigenvalue weighted by Gasteiger charge is 2.21. The highest BCUT2D eigenvalue weighted by atomic mass is 79.9. The van der Waals surface area contributed by atoms with Gasteiger partial charge in [-0.25, -0.2) is 0 Å². The number of anilines is 1. The van der Waals surface area contributed by atoms with E-state index in [2.05, 4.69) is 21.2 Å². The predicted octanol–water partition coefficient (Wildman–Crippen LogP) is 1.85. The van der Waals surface area contributed by atoms with E-state index in [0.717, 1.165) is 10.2 Å². The molecule has 4 heteroatoms. The second-order valence-corrected chi connectivity index (χ2v) is 4.91. The van der Waals surface area contributed by atoms with Crippen LogP contribution in [0.3, 0.4) is 0 Å². The molecule has 1 aromatic rings. The molecule has 0 unspecified atom stereocenters. The van der Waals surface area contributed by atoms with Crippen LogP contribution < -0.4 is 5.32 Å². The Kier molecular flexibility index (Phi) is 4.57. The second kappa shape index (κ2) is 5.49. The van der Waals surface area contributed by atoms with Crippen LogP contribution in [0.5, 0.6) is 0 Å². The van der Waals surface area contributed by atoms with Crippen molar-refractivity contribution < 1.29 is 10.2 Å². The summed E-state index contributed by atoms with van der Waals surface area (Å²) in [4.78, 5) is 0. The van der Waals surface area contributed by atoms with Crippen LogP contribution in [-0.2, 0) is 0 Å². The van der Waals surface area contributed by atoms with Gasteiger partial charge in [-0.3, -0.25) is 0 Å². The van der Waals surface area contributed by atoms with Crippen molar-refractivity contribution in [1.29, 1.82) is 0 Å². The van der Waals surface area contributed by atoms with E-state index in [1.807, 2.05) is 31.2 Å². The molecule has 0 aliphatic carbocycles. The van der Waals surface area contributed by atoms with Crippen LogP contribution in [0.25, 0.3) is 0 Å². The molecule has 0 saturated carbocycles. The summed E-state index contributed by atoms with van der Waals surface area (Å²) >= 11 is 3.38. The molecule has 0 bridgehead atoms. The first-order valence-corrected chi connectivity index (χ1v) is 5.60. The molecule has 15 heavy (non-hydrogen) atoms. The average molecular weight is 274 g/mol. The van der Waals surface area contributed by atoms with E-state index in [1.54, 1.807) is 0 Å². The third-order valence-electron chi connectivity index (χ3n) is 2.31. The fourth-order valence-electron chi connectivity index (χ4n) is 1.08. The van der Waals surface area contributed by atoms with E-state index in [-0.39, 0.29) is 13.2 Å². The summed E-state index contributed by atoms with van der Waals surface area (Å²) in [5.74, 6) is 0. The molecular weight excluding hydrogens is 258 g/mol. The molecule has 0 radical (unpaired) electrons.